The van der Waals surface area contributed by atoms with Gasteiger partial charge in [0, 0.05) is 12.6 Å². The van der Waals surface area contributed by atoms with Crippen molar-refractivity contribution in [2.45, 2.75) is 17.7 Å². The molecule has 104 valence electrons. The maximum absolute atomic E-state index is 11.9. The fourth-order valence-corrected chi connectivity index (χ4v) is 2.62. The van der Waals surface area contributed by atoms with Crippen molar-refractivity contribution in [1.29, 1.82) is 0 Å². The highest BCUT2D eigenvalue weighted by atomic mass is 35.5. The minimum atomic E-state index is -3.76. The van der Waals surface area contributed by atoms with E-state index in [-0.39, 0.29) is 16.5 Å². The Hall–Kier alpha value is -1.44. The zero-order valence-corrected chi connectivity index (χ0v) is 11.6. The Morgan fingerprint density at radius 1 is 1.47 bits per heavy atom. The van der Waals surface area contributed by atoms with Crippen molar-refractivity contribution in [3.63, 3.8) is 0 Å². The molecule has 0 radical (unpaired) electrons. The van der Waals surface area contributed by atoms with Gasteiger partial charge in [-0.1, -0.05) is 17.7 Å². The number of nitrogens with zero attached hydrogens (tertiary/aromatic N) is 1. The number of hydrogen-bond acceptors (Lipinski definition) is 4. The number of rotatable bonds is 7. The van der Waals surface area contributed by atoms with Crippen molar-refractivity contribution >= 4 is 27.3 Å². The Bertz CT molecular complexity index is 586. The van der Waals surface area contributed by atoms with Gasteiger partial charge in [0.2, 0.25) is 10.0 Å². The molecule has 6 nitrogen and oxygen atoms in total. The van der Waals surface area contributed by atoms with Gasteiger partial charge in [-0.2, -0.15) is 0 Å². The molecule has 1 aromatic rings. The highest BCUT2D eigenvalue weighted by molar-refractivity contribution is 7.89. The van der Waals surface area contributed by atoms with Crippen LogP contribution in [-0.2, 0) is 10.0 Å². The fraction of sp³-hybridized carbons (Fsp3) is 0.273. The minimum Gasteiger partial charge on any atom is -0.258 e. The summed E-state index contributed by atoms with van der Waals surface area (Å²) in [5.74, 6) is 0. The Labute approximate surface area is 116 Å². The van der Waals surface area contributed by atoms with E-state index < -0.39 is 20.6 Å². The molecule has 0 bridgehead atoms. The quantitative estimate of drug-likeness (QED) is 0.363. The molecule has 8 heteroatoms. The zero-order chi connectivity index (χ0) is 14.5. The molecule has 1 aromatic carbocycles. The van der Waals surface area contributed by atoms with E-state index in [1.54, 1.807) is 6.08 Å². The highest BCUT2D eigenvalue weighted by Crippen LogP contribution is 2.26. The van der Waals surface area contributed by atoms with Crippen molar-refractivity contribution in [1.82, 2.24) is 4.72 Å². The van der Waals surface area contributed by atoms with Crippen LogP contribution in [0, 0.1) is 10.1 Å². The predicted molar refractivity (Wildman–Crippen MR) is 72.7 cm³/mol. The number of nitro groups is 1. The summed E-state index contributed by atoms with van der Waals surface area (Å²) in [6.45, 7) is 3.77. The van der Waals surface area contributed by atoms with Gasteiger partial charge >= 0.3 is 0 Å². The maximum Gasteiger partial charge on any atom is 0.289 e. The molecule has 0 aliphatic heterocycles. The molecule has 0 amide bonds. The number of hydrogen-bond donors (Lipinski definition) is 1. The third-order valence-corrected chi connectivity index (χ3v) is 4.08. The van der Waals surface area contributed by atoms with E-state index in [0.29, 0.717) is 12.8 Å². The normalized spacial score (nSPS) is 11.2. The predicted octanol–water partition coefficient (Wildman–Crippen LogP) is 2.49. The van der Waals surface area contributed by atoms with Gasteiger partial charge in [0.1, 0.15) is 5.02 Å². The van der Waals surface area contributed by atoms with Crippen molar-refractivity contribution in [3.8, 4) is 0 Å². The molecule has 1 rings (SSSR count). The van der Waals surface area contributed by atoms with Gasteiger partial charge in [-0.05, 0) is 25.0 Å². The van der Waals surface area contributed by atoms with Crippen molar-refractivity contribution in [3.05, 3.63) is 46.0 Å². The first-order valence-corrected chi connectivity index (χ1v) is 7.29. The molecular formula is C11H13ClN2O4S. The average Bonchev–Trinajstić information content (AvgIpc) is 2.34. The standard InChI is InChI=1S/C11H13ClN2O4S/c1-2-3-4-7-13-19(17,18)9-5-6-10(12)11(8-9)14(15)16/h2,5-6,8,13H,1,3-4,7H2. The molecule has 0 heterocycles. The van der Waals surface area contributed by atoms with E-state index in [9.17, 15) is 18.5 Å². The van der Waals surface area contributed by atoms with Crippen LogP contribution in [0.3, 0.4) is 0 Å². The molecule has 1 N–H and O–H groups in total. The summed E-state index contributed by atoms with van der Waals surface area (Å²) in [6.07, 6.45) is 2.98. The molecule has 0 saturated carbocycles. The SMILES string of the molecule is C=CCCCNS(=O)(=O)c1ccc(Cl)c([N+](=O)[O-])c1. The molecular weight excluding hydrogens is 292 g/mol. The van der Waals surface area contributed by atoms with Crippen LogP contribution < -0.4 is 4.72 Å². The van der Waals surface area contributed by atoms with Gasteiger partial charge in [0.05, 0.1) is 9.82 Å². The molecule has 0 saturated heterocycles. The van der Waals surface area contributed by atoms with E-state index in [2.05, 4.69) is 11.3 Å². The Morgan fingerprint density at radius 2 is 2.16 bits per heavy atom. The smallest absolute Gasteiger partial charge is 0.258 e. The van der Waals surface area contributed by atoms with E-state index in [0.717, 1.165) is 6.07 Å². The van der Waals surface area contributed by atoms with Gasteiger partial charge in [-0.3, -0.25) is 10.1 Å². The molecule has 19 heavy (non-hydrogen) atoms. The first-order valence-electron chi connectivity index (χ1n) is 5.43. The topological polar surface area (TPSA) is 89.3 Å². The van der Waals surface area contributed by atoms with Crippen molar-refractivity contribution in [2.75, 3.05) is 6.54 Å². The summed E-state index contributed by atoms with van der Waals surface area (Å²) in [7, 11) is -3.76. The number of unbranched alkanes of at least 4 members (excludes halogenated alkanes) is 1. The number of allylic oxidation sites excluding steroid dienone is 1. The largest absolute Gasteiger partial charge is 0.289 e. The third-order valence-electron chi connectivity index (χ3n) is 2.30. The second-order valence-electron chi connectivity index (χ2n) is 3.70. The van der Waals surface area contributed by atoms with Gasteiger partial charge in [0.25, 0.3) is 5.69 Å². The minimum absolute atomic E-state index is 0.101. The lowest BCUT2D eigenvalue weighted by molar-refractivity contribution is -0.384. The Morgan fingerprint density at radius 3 is 2.74 bits per heavy atom. The van der Waals surface area contributed by atoms with Crippen molar-refractivity contribution in [2.24, 2.45) is 0 Å². The van der Waals surface area contributed by atoms with Crippen LogP contribution in [-0.4, -0.2) is 19.9 Å². The number of sulfonamides is 1. The first-order chi connectivity index (χ1) is 8.88. The summed E-state index contributed by atoms with van der Waals surface area (Å²) in [5, 5.41) is 10.6. The maximum atomic E-state index is 11.9. The van der Waals surface area contributed by atoms with Crippen LogP contribution in [0.4, 0.5) is 5.69 Å². The zero-order valence-electron chi connectivity index (χ0n) is 10.0. The second-order valence-corrected chi connectivity index (χ2v) is 5.87. The highest BCUT2D eigenvalue weighted by Gasteiger charge is 2.20. The summed E-state index contributed by atoms with van der Waals surface area (Å²) >= 11 is 5.62. The monoisotopic (exact) mass is 304 g/mol. The van der Waals surface area contributed by atoms with Gasteiger partial charge in [0.15, 0.2) is 0 Å². The summed E-state index contributed by atoms with van der Waals surface area (Å²) < 4.78 is 26.1. The van der Waals surface area contributed by atoms with E-state index >= 15 is 0 Å². The molecule has 0 fully saturated rings. The van der Waals surface area contributed by atoms with Crippen molar-refractivity contribution < 1.29 is 13.3 Å². The lowest BCUT2D eigenvalue weighted by Gasteiger charge is -2.06. The molecule has 0 spiro atoms. The number of nitrogens with one attached hydrogen (secondary N) is 1. The molecule has 0 aliphatic carbocycles. The van der Waals surface area contributed by atoms with Gasteiger partial charge in [-0.25, -0.2) is 13.1 Å². The lowest BCUT2D eigenvalue weighted by Crippen LogP contribution is -2.24. The number of benzene rings is 1. The number of nitro benzene ring substituents is 1. The van der Waals surface area contributed by atoms with E-state index in [4.69, 9.17) is 11.6 Å². The van der Waals surface area contributed by atoms with Crippen LogP contribution in [0.2, 0.25) is 5.02 Å². The lowest BCUT2D eigenvalue weighted by atomic mass is 10.3. The molecule has 0 aliphatic rings. The number of halogens is 1. The van der Waals surface area contributed by atoms with E-state index in [1.165, 1.54) is 12.1 Å². The molecule has 0 unspecified atom stereocenters. The first kappa shape index (κ1) is 15.6. The Kier molecular flexibility index (Phi) is 5.46. The third kappa shape index (κ3) is 4.30. The van der Waals surface area contributed by atoms with Crippen LogP contribution in [0.1, 0.15) is 12.8 Å². The molecule has 0 atom stereocenters. The molecule has 0 aromatic heterocycles. The van der Waals surface area contributed by atoms with Gasteiger partial charge < -0.3 is 0 Å². The summed E-state index contributed by atoms with van der Waals surface area (Å²) in [5.41, 5.74) is -0.435. The summed E-state index contributed by atoms with van der Waals surface area (Å²) in [6, 6.07) is 3.36. The van der Waals surface area contributed by atoms with Crippen LogP contribution in [0.25, 0.3) is 0 Å². The van der Waals surface area contributed by atoms with Crippen LogP contribution in [0.5, 0.6) is 0 Å². The summed E-state index contributed by atoms with van der Waals surface area (Å²) in [4.78, 5) is 9.79. The van der Waals surface area contributed by atoms with Crippen LogP contribution in [0.15, 0.2) is 35.7 Å². The van der Waals surface area contributed by atoms with E-state index in [1.807, 2.05) is 0 Å². The fourth-order valence-electron chi connectivity index (χ4n) is 1.34. The second kappa shape index (κ2) is 6.65. The van der Waals surface area contributed by atoms with Gasteiger partial charge in [-0.15, -0.1) is 6.58 Å². The Balaban J connectivity index is 2.92. The van der Waals surface area contributed by atoms with Crippen LogP contribution >= 0.6 is 11.6 Å². The average molecular weight is 305 g/mol.